The van der Waals surface area contributed by atoms with E-state index in [1.807, 2.05) is 6.07 Å². The molecule has 0 bridgehead atoms. The number of hydrogen-bond acceptors (Lipinski definition) is 1. The second kappa shape index (κ2) is 9.98. The van der Waals surface area contributed by atoms with E-state index in [4.69, 9.17) is 0 Å². The van der Waals surface area contributed by atoms with E-state index in [0.29, 0.717) is 17.6 Å². The molecule has 0 radical (unpaired) electrons. The Hall–Kier alpha value is -1.54. The smallest absolute Gasteiger partial charge is 0.173 e. The summed E-state index contributed by atoms with van der Waals surface area (Å²) in [6.45, 7) is 18.9. The lowest BCUT2D eigenvalue weighted by Gasteiger charge is -2.34. The summed E-state index contributed by atoms with van der Waals surface area (Å²) in [4.78, 5) is 0. The van der Waals surface area contributed by atoms with Crippen molar-refractivity contribution in [3.05, 3.63) is 59.4 Å². The number of rotatable bonds is 8. The highest BCUT2D eigenvalue weighted by Crippen LogP contribution is 2.44. The highest BCUT2D eigenvalue weighted by atomic mass is 35.5. The van der Waals surface area contributed by atoms with Gasteiger partial charge in [-0.25, -0.2) is 4.57 Å². The third-order valence-corrected chi connectivity index (χ3v) is 5.61. The monoisotopic (exact) mass is 417 g/mol. The standard InChI is InChI=1S/C26H39NO.ClH/c1-19(2)16-25(5,6)22-14-21(18-27-12-10-9-11-13-27)15-23(24(22)28)26(7,8)17-20(3)4;/h9-15,19-20H,16-18H2,1-8H3;1H. The average molecular weight is 418 g/mol. The topological polar surface area (TPSA) is 24.1 Å². The van der Waals surface area contributed by atoms with Crippen LogP contribution in [0.25, 0.3) is 0 Å². The molecule has 0 aliphatic heterocycles. The highest BCUT2D eigenvalue weighted by Gasteiger charge is 2.32. The number of nitrogens with zero attached hydrogens (tertiary/aromatic N) is 1. The van der Waals surface area contributed by atoms with E-state index < -0.39 is 0 Å². The first-order valence-electron chi connectivity index (χ1n) is 10.7. The zero-order valence-electron chi connectivity index (χ0n) is 19.6. The molecule has 0 unspecified atom stereocenters. The molecule has 2 nitrogen and oxygen atoms in total. The van der Waals surface area contributed by atoms with Gasteiger partial charge in [-0.1, -0.05) is 61.5 Å². The van der Waals surface area contributed by atoms with Crippen molar-refractivity contribution < 1.29 is 22.1 Å². The maximum absolute atomic E-state index is 11.4. The molecule has 1 heterocycles. The zero-order chi connectivity index (χ0) is 21.1. The number of hydrogen-bond donors (Lipinski definition) is 1. The van der Waals surface area contributed by atoms with Crippen molar-refractivity contribution >= 4 is 0 Å². The molecule has 1 aromatic heterocycles. The molecule has 2 rings (SSSR count). The molecule has 0 saturated heterocycles. The molecular weight excluding hydrogens is 378 g/mol. The van der Waals surface area contributed by atoms with Gasteiger partial charge in [0.05, 0.1) is 0 Å². The summed E-state index contributed by atoms with van der Waals surface area (Å²) < 4.78 is 2.20. The molecule has 0 spiro atoms. The Morgan fingerprint density at radius 1 is 0.793 bits per heavy atom. The number of pyridine rings is 1. The third kappa shape index (κ3) is 6.74. The number of phenolic OH excluding ortho intramolecular Hbond substituents is 1. The van der Waals surface area contributed by atoms with Crippen LogP contribution < -0.4 is 17.0 Å². The fourth-order valence-corrected chi connectivity index (χ4v) is 4.83. The lowest BCUT2D eigenvalue weighted by Crippen LogP contribution is -3.00. The van der Waals surface area contributed by atoms with Crippen molar-refractivity contribution in [3.63, 3.8) is 0 Å². The Morgan fingerprint density at radius 3 is 1.59 bits per heavy atom. The van der Waals surface area contributed by atoms with Gasteiger partial charge in [0.2, 0.25) is 0 Å². The van der Waals surface area contributed by atoms with Crippen LogP contribution in [0.2, 0.25) is 0 Å². The highest BCUT2D eigenvalue weighted by molar-refractivity contribution is 5.50. The van der Waals surface area contributed by atoms with Crippen molar-refractivity contribution in [3.8, 4) is 5.75 Å². The molecule has 3 heteroatoms. The van der Waals surface area contributed by atoms with Gasteiger partial charge in [-0.2, -0.15) is 0 Å². The first-order chi connectivity index (χ1) is 12.9. The van der Waals surface area contributed by atoms with Gasteiger partial charge in [0.1, 0.15) is 5.75 Å². The summed E-state index contributed by atoms with van der Waals surface area (Å²) in [6, 6.07) is 10.6. The summed E-state index contributed by atoms with van der Waals surface area (Å²) in [7, 11) is 0. The summed E-state index contributed by atoms with van der Waals surface area (Å²) >= 11 is 0. The predicted octanol–water partition coefficient (Wildman–Crippen LogP) is 3.38. The lowest BCUT2D eigenvalue weighted by molar-refractivity contribution is -0.688. The maximum Gasteiger partial charge on any atom is 0.173 e. The summed E-state index contributed by atoms with van der Waals surface area (Å²) in [5, 5.41) is 11.4. The van der Waals surface area contributed by atoms with Crippen LogP contribution in [0.4, 0.5) is 0 Å². The van der Waals surface area contributed by atoms with Crippen LogP contribution in [0.1, 0.15) is 84.9 Å². The minimum atomic E-state index is -0.0712. The number of aromatic nitrogens is 1. The first-order valence-corrected chi connectivity index (χ1v) is 10.7. The molecule has 2 aromatic rings. The predicted molar refractivity (Wildman–Crippen MR) is 119 cm³/mol. The van der Waals surface area contributed by atoms with Gasteiger partial charge in [0.15, 0.2) is 18.9 Å². The summed E-state index contributed by atoms with van der Waals surface area (Å²) in [5.41, 5.74) is 3.29. The van der Waals surface area contributed by atoms with Crippen LogP contribution in [0.5, 0.6) is 5.75 Å². The van der Waals surface area contributed by atoms with Crippen molar-refractivity contribution in [2.24, 2.45) is 11.8 Å². The normalized spacial score (nSPS) is 12.3. The van der Waals surface area contributed by atoms with E-state index in [2.05, 4.69) is 96.6 Å². The van der Waals surface area contributed by atoms with E-state index in [1.165, 1.54) is 5.56 Å². The Morgan fingerprint density at radius 2 is 1.21 bits per heavy atom. The number of phenols is 1. The van der Waals surface area contributed by atoms with Crippen molar-refractivity contribution in [1.29, 1.82) is 0 Å². The Labute approximate surface area is 184 Å². The van der Waals surface area contributed by atoms with E-state index in [0.717, 1.165) is 30.5 Å². The minimum Gasteiger partial charge on any atom is -1.00 e. The van der Waals surface area contributed by atoms with Crippen molar-refractivity contribution in [1.82, 2.24) is 0 Å². The van der Waals surface area contributed by atoms with E-state index in [-0.39, 0.29) is 23.2 Å². The number of benzene rings is 1. The van der Waals surface area contributed by atoms with Gasteiger partial charge in [-0.3, -0.25) is 0 Å². The van der Waals surface area contributed by atoms with Gasteiger partial charge >= 0.3 is 0 Å². The zero-order valence-corrected chi connectivity index (χ0v) is 20.3. The third-order valence-electron chi connectivity index (χ3n) is 5.61. The average Bonchev–Trinajstić information content (AvgIpc) is 2.54. The summed E-state index contributed by atoms with van der Waals surface area (Å²) in [5.74, 6) is 1.65. The van der Waals surface area contributed by atoms with Gasteiger partial charge in [-0.15, -0.1) is 0 Å². The van der Waals surface area contributed by atoms with Crippen LogP contribution in [0.3, 0.4) is 0 Å². The van der Waals surface area contributed by atoms with Crippen LogP contribution in [0, 0.1) is 11.8 Å². The molecule has 0 saturated carbocycles. The van der Waals surface area contributed by atoms with E-state index >= 15 is 0 Å². The summed E-state index contributed by atoms with van der Waals surface area (Å²) in [6.07, 6.45) is 6.30. The quantitative estimate of drug-likeness (QED) is 0.654. The van der Waals surface area contributed by atoms with Gasteiger partial charge in [0, 0.05) is 28.8 Å². The second-order valence-corrected chi connectivity index (χ2v) is 10.6. The molecule has 0 amide bonds. The Balaban J connectivity index is 0.00000420. The molecule has 162 valence electrons. The first kappa shape index (κ1) is 25.5. The molecule has 0 fully saturated rings. The van der Waals surface area contributed by atoms with Crippen LogP contribution in [-0.4, -0.2) is 5.11 Å². The SMILES string of the molecule is CC(C)CC(C)(C)c1cc(C[n+]2ccccc2)cc(C(C)(C)CC(C)C)c1O.[Cl-]. The number of halogens is 1. The number of aromatic hydroxyl groups is 1. The van der Waals surface area contributed by atoms with Crippen molar-refractivity contribution in [2.75, 3.05) is 0 Å². The molecule has 0 atom stereocenters. The maximum atomic E-state index is 11.4. The Kier molecular flexibility index (Phi) is 8.77. The van der Waals surface area contributed by atoms with Crippen molar-refractivity contribution in [2.45, 2.75) is 85.6 Å². The molecule has 0 aliphatic rings. The fourth-order valence-electron chi connectivity index (χ4n) is 4.83. The molecule has 0 aliphatic carbocycles. The van der Waals surface area contributed by atoms with Gasteiger partial charge in [-0.05, 0) is 47.6 Å². The fraction of sp³-hybridized carbons (Fsp3) is 0.577. The van der Waals surface area contributed by atoms with Crippen LogP contribution >= 0.6 is 0 Å². The molecule has 1 aromatic carbocycles. The minimum absolute atomic E-state index is 0. The van der Waals surface area contributed by atoms with E-state index in [1.54, 1.807) is 0 Å². The molecule has 29 heavy (non-hydrogen) atoms. The molecule has 1 N–H and O–H groups in total. The second-order valence-electron chi connectivity index (χ2n) is 10.6. The van der Waals surface area contributed by atoms with E-state index in [9.17, 15) is 5.11 Å². The largest absolute Gasteiger partial charge is 1.00 e. The van der Waals surface area contributed by atoms with Gasteiger partial charge in [0.25, 0.3) is 0 Å². The Bertz CT molecular complexity index is 736. The lowest BCUT2D eigenvalue weighted by atomic mass is 9.71. The molecular formula is C26H40ClNO. The van der Waals surface area contributed by atoms with Crippen LogP contribution in [0.15, 0.2) is 42.7 Å². The van der Waals surface area contributed by atoms with Crippen LogP contribution in [-0.2, 0) is 17.4 Å². The van der Waals surface area contributed by atoms with Gasteiger partial charge < -0.3 is 17.5 Å².